The molecular formula is C29H35ClF3N3O4. The number of hydrogen-bond acceptors (Lipinski definition) is 5. The molecule has 1 aliphatic carbocycles. The lowest BCUT2D eigenvalue weighted by Gasteiger charge is -2.42. The Bertz CT molecular complexity index is 1230. The number of carbonyl (C=O) groups is 2. The first-order chi connectivity index (χ1) is 18.8. The van der Waals surface area contributed by atoms with Crippen LogP contribution >= 0.6 is 11.6 Å². The molecule has 0 aromatic heterocycles. The number of ether oxygens (including phenoxy) is 1. The van der Waals surface area contributed by atoms with Crippen molar-refractivity contribution in [1.82, 2.24) is 9.80 Å². The number of aliphatic hydroxyl groups is 1. The number of rotatable bonds is 8. The second kappa shape index (κ2) is 11.9. The summed E-state index contributed by atoms with van der Waals surface area (Å²) >= 11 is 6.31. The lowest BCUT2D eigenvalue weighted by Crippen LogP contribution is -2.57. The summed E-state index contributed by atoms with van der Waals surface area (Å²) in [6.07, 6.45) is -1.16. The van der Waals surface area contributed by atoms with Gasteiger partial charge in [-0.05, 0) is 74.3 Å². The number of amides is 2. The van der Waals surface area contributed by atoms with Gasteiger partial charge in [-0.2, -0.15) is 13.2 Å². The summed E-state index contributed by atoms with van der Waals surface area (Å²) in [6, 6.07) is 10.5. The van der Waals surface area contributed by atoms with Crippen LogP contribution in [-0.2, 0) is 10.4 Å². The number of methoxy groups -OCH3 is 1. The van der Waals surface area contributed by atoms with Crippen LogP contribution in [0, 0.1) is 11.8 Å². The van der Waals surface area contributed by atoms with Crippen LogP contribution in [0.25, 0.3) is 0 Å². The maximum absolute atomic E-state index is 14.1. The van der Waals surface area contributed by atoms with E-state index in [9.17, 15) is 27.9 Å². The molecule has 2 N–H and O–H groups in total. The highest BCUT2D eigenvalue weighted by Gasteiger charge is 2.62. The van der Waals surface area contributed by atoms with Crippen molar-refractivity contribution in [2.45, 2.75) is 49.9 Å². The van der Waals surface area contributed by atoms with Gasteiger partial charge in [0.15, 0.2) is 0 Å². The zero-order valence-electron chi connectivity index (χ0n) is 22.8. The molecule has 1 atom stereocenters. The summed E-state index contributed by atoms with van der Waals surface area (Å²) in [5.41, 5.74) is -2.89. The summed E-state index contributed by atoms with van der Waals surface area (Å²) in [4.78, 5) is 27.8. The Morgan fingerprint density at radius 1 is 1.10 bits per heavy atom. The molecule has 218 valence electrons. The number of likely N-dealkylation sites (tertiary alicyclic amines) is 1. The van der Waals surface area contributed by atoms with Gasteiger partial charge in [0.1, 0.15) is 5.75 Å². The van der Waals surface area contributed by atoms with Crippen LogP contribution in [0.5, 0.6) is 5.75 Å². The monoisotopic (exact) mass is 581 g/mol. The molecule has 0 bridgehead atoms. The maximum atomic E-state index is 14.1. The first kappa shape index (κ1) is 30.0. The average molecular weight is 582 g/mol. The number of benzene rings is 2. The summed E-state index contributed by atoms with van der Waals surface area (Å²) in [5.74, 6) is -0.595. The van der Waals surface area contributed by atoms with Gasteiger partial charge in [-0.3, -0.25) is 9.59 Å². The van der Waals surface area contributed by atoms with Gasteiger partial charge in [0.2, 0.25) is 0 Å². The summed E-state index contributed by atoms with van der Waals surface area (Å²) in [5, 5.41) is 14.6. The zero-order chi connectivity index (χ0) is 29.2. The Kier molecular flexibility index (Phi) is 8.89. The minimum Gasteiger partial charge on any atom is -0.497 e. The topological polar surface area (TPSA) is 82.1 Å². The highest BCUT2D eigenvalue weighted by Crippen LogP contribution is 2.43. The SMILES string of the molecule is COc1cccc(C(O)(C(=O)N2CCC(CC3CC(Nc4ccc(C(=O)N(C)C)c(Cl)c4)C3)CC2)C(F)(F)F)c1. The summed E-state index contributed by atoms with van der Waals surface area (Å²) in [6.45, 7) is 0.327. The van der Waals surface area contributed by atoms with Crippen molar-refractivity contribution in [3.63, 3.8) is 0 Å². The molecule has 1 heterocycles. The van der Waals surface area contributed by atoms with Crippen LogP contribution in [0.1, 0.15) is 48.0 Å². The molecule has 40 heavy (non-hydrogen) atoms. The van der Waals surface area contributed by atoms with E-state index in [0.29, 0.717) is 35.3 Å². The highest BCUT2D eigenvalue weighted by atomic mass is 35.5. The third-order valence-corrected chi connectivity index (χ3v) is 8.30. The molecule has 11 heteroatoms. The predicted molar refractivity (Wildman–Crippen MR) is 146 cm³/mol. The molecule has 1 unspecified atom stereocenters. The predicted octanol–water partition coefficient (Wildman–Crippen LogP) is 5.32. The minimum atomic E-state index is -5.19. The standard InChI is InChI=1S/C29H35ClF3N3O4/c1-35(2)26(37)24-8-7-21(17-25(24)30)34-22-14-19(15-22)13-18-9-11-36(12-10-18)27(38)28(39,29(31,32)33)20-5-4-6-23(16-20)40-3/h4-8,16-19,22,34,39H,9-15H2,1-3H3. The second-order valence-electron chi connectivity index (χ2n) is 11.0. The number of piperidine rings is 1. The van der Waals surface area contributed by atoms with Crippen LogP contribution in [0.2, 0.25) is 5.02 Å². The van der Waals surface area contributed by atoms with Crippen LogP contribution < -0.4 is 10.1 Å². The van der Waals surface area contributed by atoms with Crippen molar-refractivity contribution in [3.05, 3.63) is 58.6 Å². The second-order valence-corrected chi connectivity index (χ2v) is 11.4. The summed E-state index contributed by atoms with van der Waals surface area (Å²) < 4.78 is 47.2. The van der Waals surface area contributed by atoms with Crippen LogP contribution in [0.4, 0.5) is 18.9 Å². The Morgan fingerprint density at radius 2 is 1.77 bits per heavy atom. The fourth-order valence-electron chi connectivity index (χ4n) is 5.63. The van der Waals surface area contributed by atoms with Crippen molar-refractivity contribution >= 4 is 29.1 Å². The van der Waals surface area contributed by atoms with Gasteiger partial charge in [-0.15, -0.1) is 0 Å². The molecule has 1 saturated heterocycles. The third kappa shape index (κ3) is 6.17. The first-order valence-electron chi connectivity index (χ1n) is 13.3. The first-order valence-corrected chi connectivity index (χ1v) is 13.7. The zero-order valence-corrected chi connectivity index (χ0v) is 23.6. The highest BCUT2D eigenvalue weighted by molar-refractivity contribution is 6.34. The normalized spacial score (nSPS) is 21.2. The van der Waals surface area contributed by atoms with Gasteiger partial charge in [-0.25, -0.2) is 0 Å². The molecule has 2 fully saturated rings. The number of halogens is 4. The van der Waals surface area contributed by atoms with Crippen molar-refractivity contribution in [2.24, 2.45) is 11.8 Å². The largest absolute Gasteiger partial charge is 0.497 e. The van der Waals surface area contributed by atoms with Crippen LogP contribution in [-0.4, -0.2) is 73.2 Å². The van der Waals surface area contributed by atoms with E-state index in [1.807, 2.05) is 6.07 Å². The minimum absolute atomic E-state index is 0.125. The molecule has 2 aliphatic rings. The molecule has 2 aromatic rings. The molecule has 2 aromatic carbocycles. The third-order valence-electron chi connectivity index (χ3n) is 7.99. The number of carbonyl (C=O) groups excluding carboxylic acids is 2. The molecule has 0 radical (unpaired) electrons. The van der Waals surface area contributed by atoms with Gasteiger partial charge in [0.05, 0.1) is 17.7 Å². The number of nitrogens with zero attached hydrogens (tertiary/aromatic N) is 2. The lowest BCUT2D eigenvalue weighted by molar-refractivity contribution is -0.262. The van der Waals surface area contributed by atoms with E-state index in [1.54, 1.807) is 26.2 Å². The lowest BCUT2D eigenvalue weighted by atomic mass is 9.73. The van der Waals surface area contributed by atoms with E-state index in [1.165, 1.54) is 24.1 Å². The van der Waals surface area contributed by atoms with Crippen molar-refractivity contribution in [1.29, 1.82) is 0 Å². The van der Waals surface area contributed by atoms with E-state index >= 15 is 0 Å². The molecule has 4 rings (SSSR count). The van der Waals surface area contributed by atoms with Gasteiger partial charge in [0.25, 0.3) is 17.4 Å². The van der Waals surface area contributed by atoms with E-state index in [2.05, 4.69) is 5.32 Å². The van der Waals surface area contributed by atoms with Gasteiger partial charge in [-0.1, -0.05) is 23.7 Å². The smallest absolute Gasteiger partial charge is 0.430 e. The number of anilines is 1. The molecule has 7 nitrogen and oxygen atoms in total. The van der Waals surface area contributed by atoms with Gasteiger partial charge in [0, 0.05) is 44.5 Å². The fourth-order valence-corrected chi connectivity index (χ4v) is 5.89. The average Bonchev–Trinajstić information content (AvgIpc) is 2.90. The van der Waals surface area contributed by atoms with E-state index < -0.39 is 23.2 Å². The number of nitrogens with one attached hydrogen (secondary N) is 1. The molecule has 0 spiro atoms. The van der Waals surface area contributed by atoms with Crippen LogP contribution in [0.3, 0.4) is 0 Å². The van der Waals surface area contributed by atoms with E-state index in [-0.39, 0.29) is 30.8 Å². The van der Waals surface area contributed by atoms with Gasteiger partial charge >= 0.3 is 6.18 Å². The maximum Gasteiger partial charge on any atom is 0.430 e. The van der Waals surface area contributed by atoms with Crippen molar-refractivity contribution in [2.75, 3.05) is 39.6 Å². The fraction of sp³-hybridized carbons (Fsp3) is 0.517. The quantitative estimate of drug-likeness (QED) is 0.441. The molecular weight excluding hydrogens is 547 g/mol. The number of alkyl halides is 3. The Balaban J connectivity index is 1.28. The Morgan fingerprint density at radius 3 is 2.35 bits per heavy atom. The van der Waals surface area contributed by atoms with Gasteiger partial charge < -0.3 is 25.0 Å². The summed E-state index contributed by atoms with van der Waals surface area (Å²) in [7, 11) is 4.65. The van der Waals surface area contributed by atoms with Crippen molar-refractivity contribution in [3.8, 4) is 5.75 Å². The van der Waals surface area contributed by atoms with E-state index in [0.717, 1.165) is 42.0 Å². The Labute approximate surface area is 237 Å². The number of hydrogen-bond donors (Lipinski definition) is 2. The molecule has 2 amide bonds. The van der Waals surface area contributed by atoms with Crippen LogP contribution in [0.15, 0.2) is 42.5 Å². The molecule has 1 saturated carbocycles. The van der Waals surface area contributed by atoms with Crippen molar-refractivity contribution < 1.29 is 32.6 Å². The van der Waals surface area contributed by atoms with E-state index in [4.69, 9.17) is 16.3 Å². The molecule has 1 aliphatic heterocycles. The Hall–Kier alpha value is -2.98.